The molecule has 0 amide bonds. The zero-order chi connectivity index (χ0) is 12.5. The van der Waals surface area contributed by atoms with E-state index in [-0.39, 0.29) is 0 Å². The van der Waals surface area contributed by atoms with E-state index in [0.717, 1.165) is 23.6 Å². The molecule has 3 unspecified atom stereocenters. The Balaban J connectivity index is 1.69. The van der Waals surface area contributed by atoms with E-state index in [1.165, 1.54) is 31.2 Å². The minimum atomic E-state index is 0.380. The smallest absolute Gasteiger partial charge is 0.123 e. The lowest BCUT2D eigenvalue weighted by molar-refractivity contribution is 0.321. The molecule has 2 aliphatic carbocycles. The first kappa shape index (κ1) is 12.0. The van der Waals surface area contributed by atoms with Crippen LogP contribution in [0.4, 0.5) is 0 Å². The molecule has 2 fully saturated rings. The molecule has 0 aromatic heterocycles. The zero-order valence-corrected chi connectivity index (χ0v) is 11.4. The van der Waals surface area contributed by atoms with Gasteiger partial charge < -0.3 is 10.1 Å². The topological polar surface area (TPSA) is 21.3 Å². The first-order chi connectivity index (χ1) is 8.78. The number of hydrogen-bond acceptors (Lipinski definition) is 2. The molecule has 2 aliphatic rings. The predicted octanol–water partition coefficient (Wildman–Crippen LogP) is 3.53. The van der Waals surface area contributed by atoms with Gasteiger partial charge in [-0.15, -0.1) is 0 Å². The fourth-order valence-electron chi connectivity index (χ4n) is 3.88. The number of fused-ring (bicyclic) bond motifs is 2. The number of benzene rings is 1. The Kier molecular flexibility index (Phi) is 3.29. The van der Waals surface area contributed by atoms with E-state index in [1.54, 1.807) is 7.11 Å². The molecule has 2 nitrogen and oxygen atoms in total. The van der Waals surface area contributed by atoms with Crippen molar-refractivity contribution in [3.05, 3.63) is 29.8 Å². The summed E-state index contributed by atoms with van der Waals surface area (Å²) < 4.78 is 5.45. The van der Waals surface area contributed by atoms with Crippen LogP contribution in [0.15, 0.2) is 24.3 Å². The van der Waals surface area contributed by atoms with Crippen molar-refractivity contribution in [3.8, 4) is 5.75 Å². The second-order valence-corrected chi connectivity index (χ2v) is 5.91. The van der Waals surface area contributed by atoms with Gasteiger partial charge in [0.05, 0.1) is 7.11 Å². The number of ether oxygens (including phenoxy) is 1. The molecule has 0 saturated heterocycles. The average Bonchev–Trinajstić information content (AvgIpc) is 3.01. The van der Waals surface area contributed by atoms with Crippen molar-refractivity contribution in [3.63, 3.8) is 0 Å². The van der Waals surface area contributed by atoms with Crippen LogP contribution in [0.1, 0.15) is 44.2 Å². The van der Waals surface area contributed by atoms with Gasteiger partial charge in [-0.2, -0.15) is 0 Å². The molecule has 0 spiro atoms. The van der Waals surface area contributed by atoms with E-state index in [2.05, 4.69) is 24.4 Å². The van der Waals surface area contributed by atoms with Gasteiger partial charge in [0.1, 0.15) is 5.75 Å². The van der Waals surface area contributed by atoms with Crippen LogP contribution < -0.4 is 10.1 Å². The minimum absolute atomic E-state index is 0.380. The Morgan fingerprint density at radius 2 is 2.06 bits per heavy atom. The molecule has 0 aliphatic heterocycles. The van der Waals surface area contributed by atoms with E-state index in [0.29, 0.717) is 6.04 Å². The maximum absolute atomic E-state index is 5.45. The van der Waals surface area contributed by atoms with Gasteiger partial charge in [-0.1, -0.05) is 24.6 Å². The third kappa shape index (κ3) is 2.14. The molecule has 2 saturated carbocycles. The van der Waals surface area contributed by atoms with E-state index >= 15 is 0 Å². The van der Waals surface area contributed by atoms with Crippen LogP contribution in [0.5, 0.6) is 5.75 Å². The maximum Gasteiger partial charge on any atom is 0.123 e. The standard InChI is InChI=1S/C16H23NO/c1-11(14-5-3-4-6-16(14)18-2)17-15-10-12-7-8-13(15)9-12/h3-6,11-13,15,17H,7-10H2,1-2H3/t11-,12?,13?,15?/m1/s1. The van der Waals surface area contributed by atoms with Crippen LogP contribution in [-0.2, 0) is 0 Å². The van der Waals surface area contributed by atoms with Crippen LogP contribution in [0.25, 0.3) is 0 Å². The van der Waals surface area contributed by atoms with E-state index in [9.17, 15) is 0 Å². The van der Waals surface area contributed by atoms with Crippen molar-refractivity contribution < 1.29 is 4.74 Å². The van der Waals surface area contributed by atoms with E-state index in [1.807, 2.05) is 12.1 Å². The maximum atomic E-state index is 5.45. The monoisotopic (exact) mass is 245 g/mol. The summed E-state index contributed by atoms with van der Waals surface area (Å²) in [5, 5.41) is 3.82. The first-order valence-corrected chi connectivity index (χ1v) is 7.17. The van der Waals surface area contributed by atoms with Gasteiger partial charge in [-0.3, -0.25) is 0 Å². The second kappa shape index (κ2) is 4.93. The number of methoxy groups -OCH3 is 1. The van der Waals surface area contributed by atoms with Gasteiger partial charge in [0.25, 0.3) is 0 Å². The number of nitrogens with one attached hydrogen (secondary N) is 1. The lowest BCUT2D eigenvalue weighted by Crippen LogP contribution is -2.35. The summed E-state index contributed by atoms with van der Waals surface area (Å²) in [6.45, 7) is 2.25. The highest BCUT2D eigenvalue weighted by molar-refractivity contribution is 5.35. The molecule has 98 valence electrons. The quantitative estimate of drug-likeness (QED) is 0.876. The number of hydrogen-bond donors (Lipinski definition) is 1. The van der Waals surface area contributed by atoms with Gasteiger partial charge in [0.15, 0.2) is 0 Å². The summed E-state index contributed by atoms with van der Waals surface area (Å²) in [7, 11) is 1.75. The lowest BCUT2D eigenvalue weighted by Gasteiger charge is -2.27. The minimum Gasteiger partial charge on any atom is -0.496 e. The molecule has 0 radical (unpaired) electrons. The van der Waals surface area contributed by atoms with Crippen LogP contribution in [0.2, 0.25) is 0 Å². The highest BCUT2D eigenvalue weighted by atomic mass is 16.5. The summed E-state index contributed by atoms with van der Waals surface area (Å²) in [5.74, 6) is 2.92. The molecule has 4 atom stereocenters. The van der Waals surface area contributed by atoms with E-state index < -0.39 is 0 Å². The summed E-state index contributed by atoms with van der Waals surface area (Å²) in [6, 6.07) is 9.45. The van der Waals surface area contributed by atoms with Crippen molar-refractivity contribution in [1.82, 2.24) is 5.32 Å². The summed E-state index contributed by atoms with van der Waals surface area (Å²) in [4.78, 5) is 0. The average molecular weight is 245 g/mol. The van der Waals surface area contributed by atoms with Crippen LogP contribution in [0.3, 0.4) is 0 Å². The van der Waals surface area contributed by atoms with Crippen LogP contribution >= 0.6 is 0 Å². The SMILES string of the molecule is COc1ccccc1[C@@H](C)NC1CC2CCC1C2. The third-order valence-electron chi connectivity index (χ3n) is 4.81. The molecule has 18 heavy (non-hydrogen) atoms. The molecular weight excluding hydrogens is 222 g/mol. The Morgan fingerprint density at radius 1 is 1.22 bits per heavy atom. The van der Waals surface area contributed by atoms with Crippen LogP contribution in [0, 0.1) is 11.8 Å². The molecule has 2 bridgehead atoms. The Morgan fingerprint density at radius 3 is 2.72 bits per heavy atom. The fourth-order valence-corrected chi connectivity index (χ4v) is 3.88. The van der Waals surface area contributed by atoms with Gasteiger partial charge in [-0.25, -0.2) is 0 Å². The molecule has 1 N–H and O–H groups in total. The molecule has 1 aromatic carbocycles. The normalized spacial score (nSPS) is 31.6. The molecule has 1 aromatic rings. The molecule has 0 heterocycles. The van der Waals surface area contributed by atoms with Crippen molar-refractivity contribution in [1.29, 1.82) is 0 Å². The van der Waals surface area contributed by atoms with Crippen LogP contribution in [-0.4, -0.2) is 13.2 Å². The highest BCUT2D eigenvalue weighted by Gasteiger charge is 2.39. The molecule has 3 rings (SSSR count). The number of para-hydroxylation sites is 1. The number of rotatable bonds is 4. The Bertz CT molecular complexity index is 417. The Labute approximate surface area is 110 Å². The second-order valence-electron chi connectivity index (χ2n) is 5.91. The first-order valence-electron chi connectivity index (χ1n) is 7.17. The predicted molar refractivity (Wildman–Crippen MR) is 73.8 cm³/mol. The van der Waals surface area contributed by atoms with Crippen molar-refractivity contribution in [2.24, 2.45) is 11.8 Å². The largest absolute Gasteiger partial charge is 0.496 e. The summed E-state index contributed by atoms with van der Waals surface area (Å²) in [5.41, 5.74) is 1.28. The van der Waals surface area contributed by atoms with Crippen molar-refractivity contribution in [2.45, 2.75) is 44.7 Å². The van der Waals surface area contributed by atoms with Crippen molar-refractivity contribution >= 4 is 0 Å². The fraction of sp³-hybridized carbons (Fsp3) is 0.625. The Hall–Kier alpha value is -1.02. The summed E-state index contributed by atoms with van der Waals surface area (Å²) in [6.07, 6.45) is 5.73. The lowest BCUT2D eigenvalue weighted by atomic mass is 9.94. The zero-order valence-electron chi connectivity index (χ0n) is 11.4. The van der Waals surface area contributed by atoms with Gasteiger partial charge >= 0.3 is 0 Å². The van der Waals surface area contributed by atoms with Crippen molar-refractivity contribution in [2.75, 3.05) is 7.11 Å². The van der Waals surface area contributed by atoms with E-state index in [4.69, 9.17) is 4.74 Å². The summed E-state index contributed by atoms with van der Waals surface area (Å²) >= 11 is 0. The highest BCUT2D eigenvalue weighted by Crippen LogP contribution is 2.45. The van der Waals surface area contributed by atoms with Gasteiger partial charge in [0, 0.05) is 17.6 Å². The third-order valence-corrected chi connectivity index (χ3v) is 4.81. The molecular formula is C16H23NO. The van der Waals surface area contributed by atoms with Gasteiger partial charge in [-0.05, 0) is 44.1 Å². The van der Waals surface area contributed by atoms with Gasteiger partial charge in [0.2, 0.25) is 0 Å². The molecule has 2 heteroatoms.